The van der Waals surface area contributed by atoms with Gasteiger partial charge in [0.05, 0.1) is 9.89 Å². The lowest BCUT2D eigenvalue weighted by atomic mass is 10.1. The van der Waals surface area contributed by atoms with Crippen LogP contribution in [0.25, 0.3) is 0 Å². The topological polar surface area (TPSA) is 21.3 Å². The first-order valence-electron chi connectivity index (χ1n) is 4.95. The van der Waals surface area contributed by atoms with Crippen LogP contribution >= 0.6 is 43.2 Å². The van der Waals surface area contributed by atoms with E-state index in [9.17, 15) is 0 Å². The molecule has 1 aliphatic heterocycles. The van der Waals surface area contributed by atoms with Crippen LogP contribution in [0.1, 0.15) is 18.2 Å². The summed E-state index contributed by atoms with van der Waals surface area (Å²) in [5.41, 5.74) is 0. The van der Waals surface area contributed by atoms with Gasteiger partial charge in [0.15, 0.2) is 0 Å². The van der Waals surface area contributed by atoms with Gasteiger partial charge in [-0.3, -0.25) is 0 Å². The normalized spacial score (nSPS) is 26.1. The van der Waals surface area contributed by atoms with Crippen LogP contribution in [0.5, 0.6) is 0 Å². The molecule has 2 atom stereocenters. The molecule has 1 fully saturated rings. The Balaban J connectivity index is 1.87. The highest BCUT2D eigenvalue weighted by atomic mass is 79.9. The third kappa shape index (κ3) is 3.03. The summed E-state index contributed by atoms with van der Waals surface area (Å²) in [5, 5.41) is 3.53. The Morgan fingerprint density at radius 3 is 2.93 bits per heavy atom. The summed E-state index contributed by atoms with van der Waals surface area (Å²) in [6.07, 6.45) is 1.46. The van der Waals surface area contributed by atoms with Gasteiger partial charge in [-0.1, -0.05) is 0 Å². The monoisotopic (exact) mass is 353 g/mol. The van der Waals surface area contributed by atoms with E-state index in [4.69, 9.17) is 4.74 Å². The fraction of sp³-hybridized carbons (Fsp3) is 0.600. The first-order valence-corrected chi connectivity index (χ1v) is 7.36. The van der Waals surface area contributed by atoms with Crippen LogP contribution in [0.2, 0.25) is 0 Å². The Bertz CT molecular complexity index is 323. The van der Waals surface area contributed by atoms with Crippen molar-refractivity contribution in [2.75, 3.05) is 6.61 Å². The van der Waals surface area contributed by atoms with Crippen LogP contribution in [0, 0.1) is 0 Å². The second-order valence-electron chi connectivity index (χ2n) is 3.69. The molecule has 1 aliphatic rings. The fourth-order valence-corrected chi connectivity index (χ4v) is 3.84. The molecular formula is C10H13Br2NOS. The molecule has 84 valence electrons. The van der Waals surface area contributed by atoms with E-state index in [1.807, 2.05) is 0 Å². The molecule has 0 aromatic carbocycles. The number of hydrogen-bond donors (Lipinski definition) is 1. The van der Waals surface area contributed by atoms with E-state index >= 15 is 0 Å². The largest absolute Gasteiger partial charge is 0.377 e. The number of rotatable bonds is 3. The van der Waals surface area contributed by atoms with Gasteiger partial charge in [0, 0.05) is 28.5 Å². The second-order valence-corrected chi connectivity index (χ2v) is 7.00. The maximum atomic E-state index is 5.51. The molecule has 1 saturated heterocycles. The Morgan fingerprint density at radius 1 is 1.60 bits per heavy atom. The molecule has 0 aliphatic carbocycles. The van der Waals surface area contributed by atoms with Crippen LogP contribution in [0.15, 0.2) is 14.3 Å². The van der Waals surface area contributed by atoms with Crippen LogP contribution in [-0.4, -0.2) is 18.8 Å². The van der Waals surface area contributed by atoms with Crippen molar-refractivity contribution >= 4 is 43.2 Å². The van der Waals surface area contributed by atoms with Crippen LogP contribution < -0.4 is 5.32 Å². The Morgan fingerprint density at radius 2 is 2.40 bits per heavy atom. The predicted molar refractivity (Wildman–Crippen MR) is 70.4 cm³/mol. The molecular weight excluding hydrogens is 342 g/mol. The maximum Gasteiger partial charge on any atom is 0.0843 e. The van der Waals surface area contributed by atoms with Gasteiger partial charge in [-0.05, 0) is 51.3 Å². The molecule has 1 N–H and O–H groups in total. The lowest BCUT2D eigenvalue weighted by molar-refractivity contribution is 0.113. The summed E-state index contributed by atoms with van der Waals surface area (Å²) in [6.45, 7) is 3.94. The summed E-state index contributed by atoms with van der Waals surface area (Å²) in [7, 11) is 0. The van der Waals surface area contributed by atoms with Crippen LogP contribution in [-0.2, 0) is 11.3 Å². The zero-order chi connectivity index (χ0) is 10.8. The highest BCUT2D eigenvalue weighted by Gasteiger charge is 2.23. The van der Waals surface area contributed by atoms with Crippen LogP contribution in [0.3, 0.4) is 0 Å². The summed E-state index contributed by atoms with van der Waals surface area (Å²) in [6, 6.07) is 2.66. The fourth-order valence-electron chi connectivity index (χ4n) is 1.71. The van der Waals surface area contributed by atoms with E-state index in [0.717, 1.165) is 27.8 Å². The molecule has 1 aromatic rings. The van der Waals surface area contributed by atoms with Gasteiger partial charge in [-0.15, -0.1) is 11.3 Å². The molecule has 0 saturated carbocycles. The van der Waals surface area contributed by atoms with Crippen molar-refractivity contribution in [1.29, 1.82) is 0 Å². The minimum Gasteiger partial charge on any atom is -0.377 e. The van der Waals surface area contributed by atoms with Crippen molar-refractivity contribution in [2.24, 2.45) is 0 Å². The molecule has 0 amide bonds. The van der Waals surface area contributed by atoms with Crippen molar-refractivity contribution in [3.63, 3.8) is 0 Å². The van der Waals surface area contributed by atoms with Crippen molar-refractivity contribution in [2.45, 2.75) is 32.0 Å². The average molecular weight is 355 g/mol. The Kier molecular flexibility index (Phi) is 4.24. The molecule has 0 bridgehead atoms. The van der Waals surface area contributed by atoms with E-state index in [-0.39, 0.29) is 0 Å². The van der Waals surface area contributed by atoms with Crippen molar-refractivity contribution < 1.29 is 4.74 Å². The molecule has 2 nitrogen and oxygen atoms in total. The van der Waals surface area contributed by atoms with Gasteiger partial charge in [0.2, 0.25) is 0 Å². The molecule has 1 aromatic heterocycles. The zero-order valence-electron chi connectivity index (χ0n) is 8.43. The third-order valence-electron chi connectivity index (χ3n) is 2.61. The number of halogens is 2. The molecule has 2 heterocycles. The minimum atomic E-state index is 0.344. The highest BCUT2D eigenvalue weighted by molar-refractivity contribution is 9.13. The van der Waals surface area contributed by atoms with Gasteiger partial charge < -0.3 is 10.1 Å². The predicted octanol–water partition coefficient (Wildman–Crippen LogP) is 3.54. The standard InChI is InChI=1S/C10H13Br2NOS/c1-6-9(2-3-14-6)13-5-7-4-8(11)10(12)15-7/h4,6,9,13H,2-3,5H2,1H3. The Hall–Kier alpha value is 0.580. The molecule has 15 heavy (non-hydrogen) atoms. The van der Waals surface area contributed by atoms with E-state index in [1.54, 1.807) is 11.3 Å². The lowest BCUT2D eigenvalue weighted by Gasteiger charge is -2.14. The van der Waals surface area contributed by atoms with Crippen molar-refractivity contribution in [3.8, 4) is 0 Å². The van der Waals surface area contributed by atoms with Crippen LogP contribution in [0.4, 0.5) is 0 Å². The van der Waals surface area contributed by atoms with Crippen molar-refractivity contribution in [3.05, 3.63) is 19.2 Å². The van der Waals surface area contributed by atoms with Gasteiger partial charge in [0.1, 0.15) is 0 Å². The SMILES string of the molecule is CC1OCCC1NCc1cc(Br)c(Br)s1. The van der Waals surface area contributed by atoms with E-state index in [0.29, 0.717) is 12.1 Å². The molecule has 5 heteroatoms. The summed E-state index contributed by atoms with van der Waals surface area (Å²) < 4.78 is 7.81. The minimum absolute atomic E-state index is 0.344. The maximum absolute atomic E-state index is 5.51. The van der Waals surface area contributed by atoms with E-state index in [1.165, 1.54) is 4.88 Å². The zero-order valence-corrected chi connectivity index (χ0v) is 12.4. The third-order valence-corrected chi connectivity index (χ3v) is 5.87. The molecule has 0 spiro atoms. The number of nitrogens with one attached hydrogen (secondary N) is 1. The van der Waals surface area contributed by atoms with E-state index < -0.39 is 0 Å². The summed E-state index contributed by atoms with van der Waals surface area (Å²) >= 11 is 8.76. The molecule has 2 rings (SSSR count). The first kappa shape index (κ1) is 12.0. The van der Waals surface area contributed by atoms with Gasteiger partial charge in [-0.25, -0.2) is 0 Å². The smallest absolute Gasteiger partial charge is 0.0843 e. The molecule has 0 radical (unpaired) electrons. The second kappa shape index (κ2) is 5.27. The summed E-state index contributed by atoms with van der Waals surface area (Å²) in [5.74, 6) is 0. The quantitative estimate of drug-likeness (QED) is 0.896. The molecule has 2 unspecified atom stereocenters. The van der Waals surface area contributed by atoms with Crippen molar-refractivity contribution in [1.82, 2.24) is 5.32 Å². The average Bonchev–Trinajstić information content (AvgIpc) is 2.72. The number of thiophene rings is 1. The highest BCUT2D eigenvalue weighted by Crippen LogP contribution is 2.32. The van der Waals surface area contributed by atoms with Gasteiger partial charge in [0.25, 0.3) is 0 Å². The number of ether oxygens (including phenoxy) is 1. The van der Waals surface area contributed by atoms with Gasteiger partial charge >= 0.3 is 0 Å². The Labute approximate surface area is 111 Å². The summed E-state index contributed by atoms with van der Waals surface area (Å²) in [4.78, 5) is 1.34. The number of hydrogen-bond acceptors (Lipinski definition) is 3. The lowest BCUT2D eigenvalue weighted by Crippen LogP contribution is -2.33. The first-order chi connectivity index (χ1) is 7.16. The van der Waals surface area contributed by atoms with Gasteiger partial charge in [-0.2, -0.15) is 0 Å². The van der Waals surface area contributed by atoms with E-state index in [2.05, 4.69) is 50.2 Å².